The topological polar surface area (TPSA) is 67.6 Å². The van der Waals surface area contributed by atoms with Crippen molar-refractivity contribution in [3.63, 3.8) is 0 Å². The zero-order chi connectivity index (χ0) is 16.9. The van der Waals surface area contributed by atoms with Gasteiger partial charge < -0.3 is 20.7 Å². The van der Waals surface area contributed by atoms with Crippen LogP contribution in [0.5, 0.6) is 5.75 Å². The van der Waals surface area contributed by atoms with Gasteiger partial charge >= 0.3 is 0 Å². The summed E-state index contributed by atoms with van der Waals surface area (Å²) in [6.45, 7) is 1.39. The van der Waals surface area contributed by atoms with Gasteiger partial charge in [0.05, 0.1) is 18.4 Å². The lowest BCUT2D eigenvalue weighted by Crippen LogP contribution is -2.45. The van der Waals surface area contributed by atoms with Crippen LogP contribution in [-0.4, -0.2) is 37.0 Å². The molecule has 0 saturated carbocycles. The average molecular weight is 325 g/mol. The number of hydrogen-bond donors (Lipinski definition) is 2. The molecule has 1 unspecified atom stereocenters. The second-order valence-corrected chi connectivity index (χ2v) is 6.05. The number of likely N-dealkylation sites (tertiary alicyclic amines) is 1. The lowest BCUT2D eigenvalue weighted by molar-refractivity contribution is 0.0710. The van der Waals surface area contributed by atoms with E-state index in [2.05, 4.69) is 5.32 Å². The molecule has 1 saturated heterocycles. The highest BCUT2D eigenvalue weighted by Gasteiger charge is 2.23. The largest absolute Gasteiger partial charge is 0.497 e. The quantitative estimate of drug-likeness (QED) is 0.907. The van der Waals surface area contributed by atoms with Crippen molar-refractivity contribution < 1.29 is 9.53 Å². The van der Waals surface area contributed by atoms with E-state index in [1.807, 2.05) is 53.4 Å². The minimum absolute atomic E-state index is 0.0294. The van der Waals surface area contributed by atoms with Crippen LogP contribution < -0.4 is 15.8 Å². The van der Waals surface area contributed by atoms with Crippen LogP contribution >= 0.6 is 0 Å². The summed E-state index contributed by atoms with van der Waals surface area (Å²) < 4.78 is 5.17. The van der Waals surface area contributed by atoms with Gasteiger partial charge in [-0.05, 0) is 49.2 Å². The first-order chi connectivity index (χ1) is 11.7. The van der Waals surface area contributed by atoms with E-state index in [4.69, 9.17) is 10.5 Å². The molecule has 126 valence electrons. The first-order valence-corrected chi connectivity index (χ1v) is 8.22. The van der Waals surface area contributed by atoms with Crippen molar-refractivity contribution >= 4 is 17.3 Å². The van der Waals surface area contributed by atoms with Gasteiger partial charge in [-0.1, -0.05) is 12.1 Å². The van der Waals surface area contributed by atoms with Crippen molar-refractivity contribution in [2.24, 2.45) is 5.73 Å². The number of rotatable bonds is 4. The number of nitrogens with zero attached hydrogens (tertiary/aromatic N) is 1. The maximum absolute atomic E-state index is 12.9. The van der Waals surface area contributed by atoms with Gasteiger partial charge in [0.15, 0.2) is 0 Å². The van der Waals surface area contributed by atoms with Gasteiger partial charge in [-0.25, -0.2) is 0 Å². The van der Waals surface area contributed by atoms with E-state index in [1.54, 1.807) is 7.11 Å². The van der Waals surface area contributed by atoms with E-state index in [9.17, 15) is 4.79 Å². The number of nitrogens with two attached hydrogens (primary N) is 1. The summed E-state index contributed by atoms with van der Waals surface area (Å²) in [5.41, 5.74) is 8.38. The van der Waals surface area contributed by atoms with Crippen LogP contribution in [0.3, 0.4) is 0 Å². The Morgan fingerprint density at radius 1 is 1.21 bits per heavy atom. The van der Waals surface area contributed by atoms with Gasteiger partial charge in [0.2, 0.25) is 0 Å². The minimum atomic E-state index is 0.0294. The zero-order valence-electron chi connectivity index (χ0n) is 13.9. The Bertz CT molecular complexity index is 700. The standard InChI is InChI=1S/C19H23N3O2/c1-24-16-10-8-15(9-11-16)21-18-7-3-2-6-17(18)19(23)22-12-4-5-14(20)13-22/h2-3,6-11,14,21H,4-5,12-13,20H2,1H3. The molecule has 0 spiro atoms. The second-order valence-electron chi connectivity index (χ2n) is 6.05. The van der Waals surface area contributed by atoms with E-state index >= 15 is 0 Å². The fourth-order valence-corrected chi connectivity index (χ4v) is 2.97. The highest BCUT2D eigenvalue weighted by molar-refractivity contribution is 6.00. The lowest BCUT2D eigenvalue weighted by atomic mass is 10.0. The minimum Gasteiger partial charge on any atom is -0.497 e. The molecule has 5 heteroatoms. The van der Waals surface area contributed by atoms with Crippen molar-refractivity contribution in [3.8, 4) is 5.75 Å². The molecule has 0 aliphatic carbocycles. The molecule has 1 amide bonds. The molecule has 1 aliphatic heterocycles. The highest BCUT2D eigenvalue weighted by Crippen LogP contribution is 2.24. The molecule has 3 N–H and O–H groups in total. The number of hydrogen-bond acceptors (Lipinski definition) is 4. The Kier molecular flexibility index (Phi) is 5.01. The fourth-order valence-electron chi connectivity index (χ4n) is 2.97. The smallest absolute Gasteiger partial charge is 0.256 e. The summed E-state index contributed by atoms with van der Waals surface area (Å²) in [6, 6.07) is 15.3. The summed E-state index contributed by atoms with van der Waals surface area (Å²) in [7, 11) is 1.64. The molecule has 1 atom stereocenters. The molecule has 24 heavy (non-hydrogen) atoms. The Labute approximate surface area is 142 Å². The summed E-state index contributed by atoms with van der Waals surface area (Å²) in [5.74, 6) is 0.828. The van der Waals surface area contributed by atoms with Crippen LogP contribution in [0.15, 0.2) is 48.5 Å². The van der Waals surface area contributed by atoms with Gasteiger partial charge in [-0.15, -0.1) is 0 Å². The molecule has 0 radical (unpaired) electrons. The third-order valence-corrected chi connectivity index (χ3v) is 4.27. The molecule has 2 aromatic rings. The number of anilines is 2. The average Bonchev–Trinajstić information content (AvgIpc) is 2.62. The van der Waals surface area contributed by atoms with E-state index in [0.29, 0.717) is 12.1 Å². The molecule has 1 fully saturated rings. The lowest BCUT2D eigenvalue weighted by Gasteiger charge is -2.31. The molecular weight excluding hydrogens is 302 g/mol. The number of carbonyl (C=O) groups is 1. The van der Waals surface area contributed by atoms with Crippen molar-refractivity contribution in [2.75, 3.05) is 25.5 Å². The van der Waals surface area contributed by atoms with Gasteiger partial charge in [-0.2, -0.15) is 0 Å². The normalized spacial score (nSPS) is 17.4. The Hall–Kier alpha value is -2.53. The third kappa shape index (κ3) is 3.68. The van der Waals surface area contributed by atoms with Gasteiger partial charge in [0, 0.05) is 24.8 Å². The maximum atomic E-state index is 12.9. The molecule has 1 heterocycles. The van der Waals surface area contributed by atoms with E-state index in [0.717, 1.165) is 36.5 Å². The number of benzene rings is 2. The number of amides is 1. The number of carbonyl (C=O) groups excluding carboxylic acids is 1. The zero-order valence-corrected chi connectivity index (χ0v) is 13.9. The number of piperidine rings is 1. The van der Waals surface area contributed by atoms with E-state index in [-0.39, 0.29) is 11.9 Å². The van der Waals surface area contributed by atoms with Crippen LogP contribution in [0.1, 0.15) is 23.2 Å². The SMILES string of the molecule is COc1ccc(Nc2ccccc2C(=O)N2CCCC(N)C2)cc1. The van der Waals surface area contributed by atoms with Crippen LogP contribution in [0.25, 0.3) is 0 Å². The van der Waals surface area contributed by atoms with E-state index < -0.39 is 0 Å². The Morgan fingerprint density at radius 3 is 2.67 bits per heavy atom. The molecule has 5 nitrogen and oxygen atoms in total. The van der Waals surface area contributed by atoms with Crippen molar-refractivity contribution in [1.29, 1.82) is 0 Å². The highest BCUT2D eigenvalue weighted by atomic mass is 16.5. The van der Waals surface area contributed by atoms with Crippen molar-refractivity contribution in [1.82, 2.24) is 4.90 Å². The van der Waals surface area contributed by atoms with Crippen molar-refractivity contribution in [3.05, 3.63) is 54.1 Å². The predicted octanol–water partition coefficient (Wildman–Crippen LogP) is 3.00. The van der Waals surface area contributed by atoms with E-state index in [1.165, 1.54) is 0 Å². The summed E-state index contributed by atoms with van der Waals surface area (Å²) in [6.07, 6.45) is 1.94. The van der Waals surface area contributed by atoms with Gasteiger partial charge in [0.1, 0.15) is 5.75 Å². The number of methoxy groups -OCH3 is 1. The number of ether oxygens (including phenoxy) is 1. The first kappa shape index (κ1) is 16.3. The summed E-state index contributed by atoms with van der Waals surface area (Å²) in [4.78, 5) is 14.7. The summed E-state index contributed by atoms with van der Waals surface area (Å²) >= 11 is 0. The molecular formula is C19H23N3O2. The number of nitrogens with one attached hydrogen (secondary N) is 1. The fraction of sp³-hybridized carbons (Fsp3) is 0.316. The molecule has 3 rings (SSSR count). The van der Waals surface area contributed by atoms with Gasteiger partial charge in [0.25, 0.3) is 5.91 Å². The number of para-hydroxylation sites is 1. The van der Waals surface area contributed by atoms with Crippen LogP contribution in [0.2, 0.25) is 0 Å². The monoisotopic (exact) mass is 325 g/mol. The molecule has 1 aliphatic rings. The summed E-state index contributed by atoms with van der Waals surface area (Å²) in [5, 5.41) is 3.32. The molecule has 0 aromatic heterocycles. The van der Waals surface area contributed by atoms with Crippen LogP contribution in [0.4, 0.5) is 11.4 Å². The van der Waals surface area contributed by atoms with Crippen LogP contribution in [-0.2, 0) is 0 Å². The first-order valence-electron chi connectivity index (χ1n) is 8.22. The van der Waals surface area contributed by atoms with Crippen molar-refractivity contribution in [2.45, 2.75) is 18.9 Å². The molecule has 2 aromatic carbocycles. The third-order valence-electron chi connectivity index (χ3n) is 4.27. The maximum Gasteiger partial charge on any atom is 0.256 e. The molecule has 0 bridgehead atoms. The van der Waals surface area contributed by atoms with Crippen LogP contribution in [0, 0.1) is 0 Å². The second kappa shape index (κ2) is 7.36. The Morgan fingerprint density at radius 2 is 1.96 bits per heavy atom. The predicted molar refractivity (Wildman–Crippen MR) is 95.8 cm³/mol. The van der Waals surface area contributed by atoms with Gasteiger partial charge in [-0.3, -0.25) is 4.79 Å². The Balaban J connectivity index is 1.80.